The van der Waals surface area contributed by atoms with E-state index in [1.165, 1.54) is 6.07 Å². The molecule has 1 aromatic heterocycles. The molecule has 5 nitrogen and oxygen atoms in total. The molecule has 0 unspecified atom stereocenters. The SMILES string of the molecule is CC(C)(C)NC(=O)c1cc(-c2ccc3[nH]c(CN4CCC[C@@H]4CO)cc3c2)ccc1F. The molecular weight excluding hydrogens is 393 g/mol. The predicted octanol–water partition coefficient (Wildman–Crippen LogP) is 4.46. The number of rotatable bonds is 5. The first-order valence-corrected chi connectivity index (χ1v) is 10.8. The first kappa shape index (κ1) is 21.5. The Balaban J connectivity index is 1.60. The zero-order chi connectivity index (χ0) is 22.2. The molecule has 0 aliphatic carbocycles. The molecule has 3 aromatic rings. The van der Waals surface area contributed by atoms with Gasteiger partial charge in [0.1, 0.15) is 5.82 Å². The maximum atomic E-state index is 14.3. The van der Waals surface area contributed by atoms with Crippen molar-refractivity contribution in [1.82, 2.24) is 15.2 Å². The number of amides is 1. The standard InChI is InChI=1S/C25H30FN3O2/c1-25(2,3)28-24(31)21-13-17(6-8-22(21)26)16-7-9-23-18(11-16)12-19(27-23)14-29-10-4-5-20(29)15-30/h6-9,11-13,20,27,30H,4-5,10,14-15H2,1-3H3,(H,28,31)/t20-/m1/s1. The quantitative estimate of drug-likeness (QED) is 0.568. The molecule has 2 heterocycles. The van der Waals surface area contributed by atoms with E-state index < -0.39 is 17.3 Å². The molecule has 1 atom stereocenters. The number of likely N-dealkylation sites (tertiary alicyclic amines) is 1. The van der Waals surface area contributed by atoms with Gasteiger partial charge in [-0.05, 0) is 81.6 Å². The number of nitrogens with zero attached hydrogens (tertiary/aromatic N) is 1. The minimum atomic E-state index is -0.528. The molecule has 3 N–H and O–H groups in total. The van der Waals surface area contributed by atoms with E-state index in [0.717, 1.165) is 53.7 Å². The Morgan fingerprint density at radius 1 is 1.19 bits per heavy atom. The van der Waals surface area contributed by atoms with E-state index in [0.29, 0.717) is 0 Å². The first-order chi connectivity index (χ1) is 14.7. The number of H-pyrrole nitrogens is 1. The lowest BCUT2D eigenvalue weighted by molar-refractivity contribution is 0.0915. The summed E-state index contributed by atoms with van der Waals surface area (Å²) < 4.78 is 14.3. The smallest absolute Gasteiger partial charge is 0.254 e. The normalized spacial score (nSPS) is 17.4. The van der Waals surface area contributed by atoms with Gasteiger partial charge in [0.2, 0.25) is 0 Å². The Labute approximate surface area is 182 Å². The molecular formula is C25H30FN3O2. The lowest BCUT2D eigenvalue weighted by Crippen LogP contribution is -2.40. The fourth-order valence-corrected chi connectivity index (χ4v) is 4.27. The van der Waals surface area contributed by atoms with Crippen molar-refractivity contribution in [2.45, 2.75) is 51.7 Å². The number of fused-ring (bicyclic) bond motifs is 1. The van der Waals surface area contributed by atoms with Gasteiger partial charge in [-0.3, -0.25) is 9.69 Å². The number of aliphatic hydroxyl groups is 1. The van der Waals surface area contributed by atoms with Gasteiger partial charge in [-0.2, -0.15) is 0 Å². The number of hydrogen-bond acceptors (Lipinski definition) is 3. The predicted molar refractivity (Wildman–Crippen MR) is 121 cm³/mol. The van der Waals surface area contributed by atoms with Crippen LogP contribution in [0.5, 0.6) is 0 Å². The summed E-state index contributed by atoms with van der Waals surface area (Å²) in [5.41, 5.74) is 3.47. The Kier molecular flexibility index (Phi) is 5.86. The van der Waals surface area contributed by atoms with E-state index >= 15 is 0 Å². The molecule has 1 saturated heterocycles. The molecule has 1 aliphatic rings. The van der Waals surface area contributed by atoms with Crippen molar-refractivity contribution in [1.29, 1.82) is 0 Å². The molecule has 31 heavy (non-hydrogen) atoms. The second kappa shape index (κ2) is 8.44. The Bertz CT molecular complexity index is 1100. The number of carbonyl (C=O) groups is 1. The third-order valence-electron chi connectivity index (χ3n) is 5.79. The van der Waals surface area contributed by atoms with Gasteiger partial charge in [0, 0.05) is 34.7 Å². The number of halogens is 1. The van der Waals surface area contributed by atoms with Crippen LogP contribution in [0.15, 0.2) is 42.5 Å². The van der Waals surface area contributed by atoms with Crippen molar-refractivity contribution >= 4 is 16.8 Å². The van der Waals surface area contributed by atoms with Gasteiger partial charge >= 0.3 is 0 Å². The molecule has 1 fully saturated rings. The van der Waals surface area contributed by atoms with Crippen LogP contribution in [-0.2, 0) is 6.54 Å². The molecule has 1 aliphatic heterocycles. The van der Waals surface area contributed by atoms with Crippen molar-refractivity contribution in [3.05, 3.63) is 59.5 Å². The second-order valence-electron chi connectivity index (χ2n) is 9.44. The zero-order valence-electron chi connectivity index (χ0n) is 18.3. The largest absolute Gasteiger partial charge is 0.395 e. The van der Waals surface area contributed by atoms with Gasteiger partial charge in [0.25, 0.3) is 5.91 Å². The van der Waals surface area contributed by atoms with E-state index in [-0.39, 0.29) is 18.2 Å². The average molecular weight is 424 g/mol. The summed E-state index contributed by atoms with van der Waals surface area (Å²) >= 11 is 0. The van der Waals surface area contributed by atoms with Crippen LogP contribution in [0.4, 0.5) is 4.39 Å². The molecule has 0 bridgehead atoms. The highest BCUT2D eigenvalue weighted by Crippen LogP contribution is 2.28. The minimum absolute atomic E-state index is 0.0476. The van der Waals surface area contributed by atoms with Crippen molar-refractivity contribution in [2.24, 2.45) is 0 Å². The van der Waals surface area contributed by atoms with Crippen molar-refractivity contribution in [2.75, 3.05) is 13.2 Å². The molecule has 0 radical (unpaired) electrons. The topological polar surface area (TPSA) is 68.4 Å². The fraction of sp³-hybridized carbons (Fsp3) is 0.400. The minimum Gasteiger partial charge on any atom is -0.395 e. The third kappa shape index (κ3) is 4.81. The van der Waals surface area contributed by atoms with Gasteiger partial charge in [-0.25, -0.2) is 4.39 Å². The molecule has 0 spiro atoms. The van der Waals surface area contributed by atoms with Crippen molar-refractivity contribution in [3.8, 4) is 11.1 Å². The number of hydrogen-bond donors (Lipinski definition) is 3. The molecule has 0 saturated carbocycles. The number of nitrogens with one attached hydrogen (secondary N) is 2. The lowest BCUT2D eigenvalue weighted by Gasteiger charge is -2.21. The maximum Gasteiger partial charge on any atom is 0.254 e. The lowest BCUT2D eigenvalue weighted by atomic mass is 10.0. The van der Waals surface area contributed by atoms with Crippen LogP contribution >= 0.6 is 0 Å². The summed E-state index contributed by atoms with van der Waals surface area (Å²) in [4.78, 5) is 18.3. The monoisotopic (exact) mass is 423 g/mol. The van der Waals surface area contributed by atoms with Crippen LogP contribution in [0.25, 0.3) is 22.0 Å². The highest BCUT2D eigenvalue weighted by Gasteiger charge is 2.24. The number of carbonyl (C=O) groups excluding carboxylic acids is 1. The summed E-state index contributed by atoms with van der Waals surface area (Å²) in [6.45, 7) is 7.59. The van der Waals surface area contributed by atoms with E-state index in [1.54, 1.807) is 12.1 Å². The highest BCUT2D eigenvalue weighted by molar-refractivity contribution is 5.96. The van der Waals surface area contributed by atoms with Gasteiger partial charge in [0.15, 0.2) is 0 Å². The number of aromatic amines is 1. The number of aromatic nitrogens is 1. The summed E-state index contributed by atoms with van der Waals surface area (Å²) in [6.07, 6.45) is 2.15. The molecule has 164 valence electrons. The van der Waals surface area contributed by atoms with E-state index in [9.17, 15) is 14.3 Å². The Morgan fingerprint density at radius 3 is 2.68 bits per heavy atom. The van der Waals surface area contributed by atoms with Crippen molar-refractivity contribution < 1.29 is 14.3 Å². The Morgan fingerprint density at radius 2 is 1.94 bits per heavy atom. The average Bonchev–Trinajstić information content (AvgIpc) is 3.32. The maximum absolute atomic E-state index is 14.3. The van der Waals surface area contributed by atoms with E-state index in [2.05, 4.69) is 27.3 Å². The van der Waals surface area contributed by atoms with Gasteiger partial charge < -0.3 is 15.4 Å². The summed E-state index contributed by atoms with van der Waals surface area (Å²) in [5.74, 6) is -0.944. The van der Waals surface area contributed by atoms with E-state index in [4.69, 9.17) is 0 Å². The zero-order valence-corrected chi connectivity index (χ0v) is 18.3. The molecule has 6 heteroatoms. The van der Waals surface area contributed by atoms with Gasteiger partial charge in [-0.15, -0.1) is 0 Å². The van der Waals surface area contributed by atoms with Gasteiger partial charge in [0.05, 0.1) is 12.2 Å². The molecule has 4 rings (SSSR count). The van der Waals surface area contributed by atoms with Crippen LogP contribution in [0.1, 0.15) is 49.7 Å². The van der Waals surface area contributed by atoms with Crippen molar-refractivity contribution in [3.63, 3.8) is 0 Å². The highest BCUT2D eigenvalue weighted by atomic mass is 19.1. The van der Waals surface area contributed by atoms with Crippen LogP contribution in [0.2, 0.25) is 0 Å². The van der Waals surface area contributed by atoms with E-state index in [1.807, 2.05) is 32.9 Å². The first-order valence-electron chi connectivity index (χ1n) is 10.8. The number of aliphatic hydroxyl groups excluding tert-OH is 1. The summed E-state index contributed by atoms with van der Waals surface area (Å²) in [5, 5.41) is 13.4. The second-order valence-corrected chi connectivity index (χ2v) is 9.44. The summed E-state index contributed by atoms with van der Waals surface area (Å²) in [6, 6.07) is 13.1. The van der Waals surface area contributed by atoms with Gasteiger partial charge in [-0.1, -0.05) is 12.1 Å². The van der Waals surface area contributed by atoms with Crippen LogP contribution in [0, 0.1) is 5.82 Å². The number of benzene rings is 2. The van der Waals surface area contributed by atoms with Crippen LogP contribution in [-0.4, -0.2) is 45.6 Å². The molecule has 1 amide bonds. The van der Waals surface area contributed by atoms with Crippen LogP contribution < -0.4 is 5.32 Å². The van der Waals surface area contributed by atoms with Crippen LogP contribution in [0.3, 0.4) is 0 Å². The third-order valence-corrected chi connectivity index (χ3v) is 5.79. The fourth-order valence-electron chi connectivity index (χ4n) is 4.27. The Hall–Kier alpha value is -2.70. The molecule has 2 aromatic carbocycles. The summed E-state index contributed by atoms with van der Waals surface area (Å²) in [7, 11) is 0.